The van der Waals surface area contributed by atoms with Crippen LogP contribution in [0.5, 0.6) is 0 Å². The Morgan fingerprint density at radius 1 is 1.47 bits per heavy atom. The van der Waals surface area contributed by atoms with Gasteiger partial charge in [0, 0.05) is 17.6 Å². The normalized spacial score (nSPS) is 11.5. The Kier molecular flexibility index (Phi) is 5.50. The average Bonchev–Trinajstić information content (AvgIpc) is 2.38. The zero-order valence-corrected chi connectivity index (χ0v) is 13.1. The number of rotatable bonds is 5. The molecule has 0 aliphatic carbocycles. The Hall–Kier alpha value is -0.940. The SMILES string of the molecule is CCN(CC(C)(C)CN)C(=O)c1cc(Br)ccc1F. The smallest absolute Gasteiger partial charge is 0.256 e. The fraction of sp³-hybridized carbons (Fsp3) is 0.500. The lowest BCUT2D eigenvalue weighted by Crippen LogP contribution is -2.42. The maximum absolute atomic E-state index is 13.7. The van der Waals surface area contributed by atoms with Gasteiger partial charge in [0.15, 0.2) is 0 Å². The predicted octanol–water partition coefficient (Wildman–Crippen LogP) is 3.04. The van der Waals surface area contributed by atoms with Gasteiger partial charge in [-0.2, -0.15) is 0 Å². The fourth-order valence-electron chi connectivity index (χ4n) is 1.74. The van der Waals surface area contributed by atoms with Crippen molar-refractivity contribution in [2.24, 2.45) is 11.1 Å². The molecular weight excluding hydrogens is 311 g/mol. The largest absolute Gasteiger partial charge is 0.338 e. The Balaban J connectivity index is 2.99. The van der Waals surface area contributed by atoms with Crippen molar-refractivity contribution in [3.8, 4) is 0 Å². The van der Waals surface area contributed by atoms with Crippen molar-refractivity contribution >= 4 is 21.8 Å². The summed E-state index contributed by atoms with van der Waals surface area (Å²) in [6.07, 6.45) is 0. The summed E-state index contributed by atoms with van der Waals surface area (Å²) in [7, 11) is 0. The molecule has 1 aromatic carbocycles. The van der Waals surface area contributed by atoms with Crippen molar-refractivity contribution in [1.29, 1.82) is 0 Å². The van der Waals surface area contributed by atoms with E-state index < -0.39 is 5.82 Å². The van der Waals surface area contributed by atoms with Crippen LogP contribution >= 0.6 is 15.9 Å². The molecule has 19 heavy (non-hydrogen) atoms. The Labute approximate surface area is 122 Å². The molecule has 0 heterocycles. The molecule has 0 aliphatic rings. The van der Waals surface area contributed by atoms with Gasteiger partial charge in [0.1, 0.15) is 5.82 Å². The number of hydrogen-bond acceptors (Lipinski definition) is 2. The molecule has 0 aromatic heterocycles. The maximum atomic E-state index is 13.7. The van der Waals surface area contributed by atoms with Crippen LogP contribution < -0.4 is 5.73 Å². The number of nitrogens with zero attached hydrogens (tertiary/aromatic N) is 1. The number of amides is 1. The molecule has 2 N–H and O–H groups in total. The number of nitrogens with two attached hydrogens (primary N) is 1. The molecule has 0 aliphatic heterocycles. The van der Waals surface area contributed by atoms with Gasteiger partial charge in [0.25, 0.3) is 5.91 Å². The summed E-state index contributed by atoms with van der Waals surface area (Å²) in [6, 6.07) is 4.38. The minimum atomic E-state index is -0.503. The van der Waals surface area contributed by atoms with E-state index in [2.05, 4.69) is 15.9 Å². The molecule has 1 aromatic rings. The summed E-state index contributed by atoms with van der Waals surface area (Å²) >= 11 is 3.25. The van der Waals surface area contributed by atoms with Gasteiger partial charge in [-0.05, 0) is 37.1 Å². The molecule has 1 rings (SSSR count). The van der Waals surface area contributed by atoms with Gasteiger partial charge in [0.05, 0.1) is 5.56 Å². The number of halogens is 2. The van der Waals surface area contributed by atoms with Gasteiger partial charge in [-0.25, -0.2) is 4.39 Å². The van der Waals surface area contributed by atoms with Crippen LogP contribution in [0.15, 0.2) is 22.7 Å². The topological polar surface area (TPSA) is 46.3 Å². The first-order chi connectivity index (χ1) is 8.80. The van der Waals surface area contributed by atoms with Crippen molar-refractivity contribution in [1.82, 2.24) is 4.90 Å². The van der Waals surface area contributed by atoms with E-state index in [1.54, 1.807) is 11.0 Å². The Bertz CT molecular complexity index is 463. The third kappa shape index (κ3) is 4.28. The lowest BCUT2D eigenvalue weighted by molar-refractivity contribution is 0.0696. The Morgan fingerprint density at radius 3 is 2.63 bits per heavy atom. The van der Waals surface area contributed by atoms with Crippen molar-refractivity contribution in [3.05, 3.63) is 34.1 Å². The number of hydrogen-bond donors (Lipinski definition) is 1. The molecule has 106 valence electrons. The molecule has 0 atom stereocenters. The van der Waals surface area contributed by atoms with Gasteiger partial charge >= 0.3 is 0 Å². The van der Waals surface area contributed by atoms with Crippen LogP contribution in [0.25, 0.3) is 0 Å². The molecule has 0 radical (unpaired) electrons. The maximum Gasteiger partial charge on any atom is 0.256 e. The van der Waals surface area contributed by atoms with Crippen LogP contribution in [0.3, 0.4) is 0 Å². The van der Waals surface area contributed by atoms with Crippen molar-refractivity contribution < 1.29 is 9.18 Å². The van der Waals surface area contributed by atoms with Crippen molar-refractivity contribution in [3.63, 3.8) is 0 Å². The highest BCUT2D eigenvalue weighted by Crippen LogP contribution is 2.20. The van der Waals surface area contributed by atoms with E-state index in [1.165, 1.54) is 12.1 Å². The van der Waals surface area contributed by atoms with Gasteiger partial charge in [-0.3, -0.25) is 4.79 Å². The minimum absolute atomic E-state index is 0.0871. The van der Waals surface area contributed by atoms with E-state index in [4.69, 9.17) is 5.73 Å². The van der Waals surface area contributed by atoms with E-state index >= 15 is 0 Å². The summed E-state index contributed by atoms with van der Waals surface area (Å²) in [6.45, 7) is 7.34. The minimum Gasteiger partial charge on any atom is -0.338 e. The van der Waals surface area contributed by atoms with E-state index in [0.717, 1.165) is 0 Å². The highest BCUT2D eigenvalue weighted by Gasteiger charge is 2.25. The van der Waals surface area contributed by atoms with Crippen LogP contribution in [0.2, 0.25) is 0 Å². The van der Waals surface area contributed by atoms with E-state index in [-0.39, 0.29) is 16.9 Å². The number of benzene rings is 1. The molecule has 0 spiro atoms. The zero-order valence-electron chi connectivity index (χ0n) is 11.5. The standard InChI is InChI=1S/C14H20BrFN2O/c1-4-18(9-14(2,3)8-17)13(19)11-7-10(15)5-6-12(11)16/h5-7H,4,8-9,17H2,1-3H3. The van der Waals surface area contributed by atoms with Gasteiger partial charge in [0.2, 0.25) is 0 Å². The van der Waals surface area contributed by atoms with Gasteiger partial charge < -0.3 is 10.6 Å². The quantitative estimate of drug-likeness (QED) is 0.901. The first kappa shape index (κ1) is 16.1. The zero-order chi connectivity index (χ0) is 14.6. The second-order valence-electron chi connectivity index (χ2n) is 5.31. The molecule has 5 heteroatoms. The van der Waals surface area contributed by atoms with Gasteiger partial charge in [-0.15, -0.1) is 0 Å². The first-order valence-electron chi connectivity index (χ1n) is 6.25. The van der Waals surface area contributed by atoms with E-state index in [1.807, 2.05) is 20.8 Å². The molecule has 0 unspecified atom stereocenters. The molecular formula is C14H20BrFN2O. The molecule has 0 saturated carbocycles. The molecule has 1 amide bonds. The van der Waals surface area contributed by atoms with Crippen LogP contribution in [-0.2, 0) is 0 Å². The monoisotopic (exact) mass is 330 g/mol. The summed E-state index contributed by atoms with van der Waals surface area (Å²) in [5, 5.41) is 0. The molecule has 0 fully saturated rings. The third-order valence-corrected chi connectivity index (χ3v) is 3.49. The lowest BCUT2D eigenvalue weighted by atomic mass is 9.93. The number of carbonyl (C=O) groups excluding carboxylic acids is 1. The van der Waals surface area contributed by atoms with Crippen molar-refractivity contribution in [2.75, 3.05) is 19.6 Å². The second-order valence-corrected chi connectivity index (χ2v) is 6.23. The second kappa shape index (κ2) is 6.48. The summed E-state index contributed by atoms with van der Waals surface area (Å²) < 4.78 is 14.4. The molecule has 0 bridgehead atoms. The fourth-order valence-corrected chi connectivity index (χ4v) is 2.10. The summed E-state index contributed by atoms with van der Waals surface area (Å²) in [5.74, 6) is -0.806. The predicted molar refractivity (Wildman–Crippen MR) is 78.5 cm³/mol. The van der Waals surface area contributed by atoms with Crippen LogP contribution in [0.1, 0.15) is 31.1 Å². The third-order valence-electron chi connectivity index (χ3n) is 3.00. The highest BCUT2D eigenvalue weighted by molar-refractivity contribution is 9.10. The first-order valence-corrected chi connectivity index (χ1v) is 7.04. The Morgan fingerprint density at radius 2 is 2.11 bits per heavy atom. The van der Waals surface area contributed by atoms with Crippen LogP contribution in [-0.4, -0.2) is 30.4 Å². The summed E-state index contributed by atoms with van der Waals surface area (Å²) in [5.41, 5.74) is 5.58. The van der Waals surface area contributed by atoms with E-state index in [0.29, 0.717) is 24.1 Å². The number of carbonyl (C=O) groups is 1. The van der Waals surface area contributed by atoms with E-state index in [9.17, 15) is 9.18 Å². The summed E-state index contributed by atoms with van der Waals surface area (Å²) in [4.78, 5) is 14.0. The molecule has 0 saturated heterocycles. The van der Waals surface area contributed by atoms with Gasteiger partial charge in [-0.1, -0.05) is 29.8 Å². The average molecular weight is 331 g/mol. The lowest BCUT2D eigenvalue weighted by Gasteiger charge is -2.31. The molecule has 3 nitrogen and oxygen atoms in total. The van der Waals surface area contributed by atoms with Crippen molar-refractivity contribution in [2.45, 2.75) is 20.8 Å². The van der Waals surface area contributed by atoms with Crippen LogP contribution in [0.4, 0.5) is 4.39 Å². The highest BCUT2D eigenvalue weighted by atomic mass is 79.9. The van der Waals surface area contributed by atoms with Crippen LogP contribution in [0, 0.1) is 11.2 Å².